The van der Waals surface area contributed by atoms with Gasteiger partial charge in [-0.05, 0) is 99.7 Å². The highest BCUT2D eigenvalue weighted by Crippen LogP contribution is 2.45. The summed E-state index contributed by atoms with van der Waals surface area (Å²) in [6.07, 6.45) is 6.03. The number of halogens is 3. The maximum atomic E-state index is 14.7. The summed E-state index contributed by atoms with van der Waals surface area (Å²) < 4.78 is 78.3. The van der Waals surface area contributed by atoms with E-state index in [0.717, 1.165) is 55.6 Å². The molecule has 0 radical (unpaired) electrons. The van der Waals surface area contributed by atoms with Crippen LogP contribution in [0.5, 0.6) is 0 Å². The number of rotatable bonds is 7. The van der Waals surface area contributed by atoms with Crippen molar-refractivity contribution < 1.29 is 30.9 Å². The highest BCUT2D eigenvalue weighted by molar-refractivity contribution is 7.85. The van der Waals surface area contributed by atoms with Crippen LogP contribution >= 0.6 is 0 Å². The fraction of sp³-hybridized carbons (Fsp3) is 0.429. The van der Waals surface area contributed by atoms with Crippen LogP contribution in [-0.4, -0.2) is 69.9 Å². The Labute approximate surface area is 271 Å². The number of amides is 1. The summed E-state index contributed by atoms with van der Waals surface area (Å²) in [6, 6.07) is 16.9. The lowest BCUT2D eigenvalue weighted by molar-refractivity contribution is 0.0602. The van der Waals surface area contributed by atoms with Crippen LogP contribution in [0.3, 0.4) is 0 Å². The second-order valence-electron chi connectivity index (χ2n) is 13.3. The van der Waals surface area contributed by atoms with E-state index < -0.39 is 43.5 Å². The Balaban J connectivity index is 1.09. The van der Waals surface area contributed by atoms with E-state index in [9.17, 15) is 30.9 Å². The number of aromatic nitrogens is 2. The maximum Gasteiger partial charge on any atom is 0.297 e. The molecule has 3 fully saturated rings. The van der Waals surface area contributed by atoms with Gasteiger partial charge in [-0.3, -0.25) is 14.2 Å². The van der Waals surface area contributed by atoms with Gasteiger partial charge < -0.3 is 9.47 Å². The number of aryl methyl sites for hydroxylation is 1. The van der Waals surface area contributed by atoms with Crippen LogP contribution in [0, 0.1) is 24.4 Å². The number of hydrogen-bond donors (Lipinski definition) is 1. The van der Waals surface area contributed by atoms with E-state index in [2.05, 4.69) is 34.6 Å². The third-order valence-electron chi connectivity index (χ3n) is 10.8. The molecule has 248 valence electrons. The maximum absolute atomic E-state index is 14.7. The van der Waals surface area contributed by atoms with Gasteiger partial charge >= 0.3 is 0 Å². The molecule has 2 unspecified atom stereocenters. The molecule has 47 heavy (non-hydrogen) atoms. The summed E-state index contributed by atoms with van der Waals surface area (Å²) in [5.74, 6) is -2.78. The minimum Gasteiger partial charge on any atom is -0.338 e. The van der Waals surface area contributed by atoms with E-state index in [1.165, 1.54) is 16.5 Å². The van der Waals surface area contributed by atoms with Gasteiger partial charge in [0.15, 0.2) is 0 Å². The number of imidazole rings is 1. The van der Waals surface area contributed by atoms with Crippen LogP contribution in [0.25, 0.3) is 11.0 Å². The van der Waals surface area contributed by atoms with Gasteiger partial charge in [0.2, 0.25) is 0 Å². The van der Waals surface area contributed by atoms with E-state index in [-0.39, 0.29) is 18.9 Å². The van der Waals surface area contributed by atoms with Crippen molar-refractivity contribution in [2.45, 2.75) is 80.3 Å². The Kier molecular flexibility index (Phi) is 8.16. The first-order valence-corrected chi connectivity index (χ1v) is 17.6. The first-order chi connectivity index (χ1) is 22.4. The highest BCUT2D eigenvalue weighted by Gasteiger charge is 2.44. The zero-order valence-electron chi connectivity index (χ0n) is 26.1. The van der Waals surface area contributed by atoms with E-state index in [1.54, 1.807) is 12.1 Å². The Bertz CT molecular complexity index is 1940. The minimum absolute atomic E-state index is 0.218. The van der Waals surface area contributed by atoms with Crippen molar-refractivity contribution in [1.29, 1.82) is 0 Å². The molecule has 2 bridgehead atoms. The molecule has 0 spiro atoms. The Hall–Kier alpha value is -3.74. The molecule has 1 amide bonds. The van der Waals surface area contributed by atoms with Crippen molar-refractivity contribution in [2.75, 3.05) is 19.6 Å². The largest absolute Gasteiger partial charge is 0.338 e. The third-order valence-corrected chi connectivity index (χ3v) is 11.7. The number of nitrogens with zero attached hydrogens (tertiary/aromatic N) is 4. The Morgan fingerprint density at radius 2 is 1.64 bits per heavy atom. The topological polar surface area (TPSA) is 95.7 Å². The van der Waals surface area contributed by atoms with Gasteiger partial charge in [-0.2, -0.15) is 8.42 Å². The van der Waals surface area contributed by atoms with E-state index >= 15 is 0 Å². The quantitative estimate of drug-likeness (QED) is 0.228. The predicted octanol–water partition coefficient (Wildman–Crippen LogP) is 6.44. The van der Waals surface area contributed by atoms with Gasteiger partial charge in [-0.1, -0.05) is 24.3 Å². The number of para-hydroxylation sites is 2. The molecular formula is C35H37F3N4O4S. The monoisotopic (exact) mass is 666 g/mol. The average molecular weight is 667 g/mol. The van der Waals surface area contributed by atoms with Crippen molar-refractivity contribution >= 4 is 27.1 Å². The van der Waals surface area contributed by atoms with Crippen LogP contribution in [0.4, 0.5) is 13.2 Å². The van der Waals surface area contributed by atoms with Crippen molar-refractivity contribution in [3.8, 4) is 0 Å². The van der Waals surface area contributed by atoms with Crippen LogP contribution in [0.2, 0.25) is 0 Å². The highest BCUT2D eigenvalue weighted by atomic mass is 32.2. The molecule has 3 aromatic carbocycles. The molecule has 3 aliphatic heterocycles. The van der Waals surface area contributed by atoms with E-state index in [0.29, 0.717) is 43.1 Å². The van der Waals surface area contributed by atoms with Gasteiger partial charge in [0, 0.05) is 37.3 Å². The number of carbonyl (C=O) groups excluding carboxylic acids is 1. The molecule has 7 rings (SSSR count). The first kappa shape index (κ1) is 31.8. The van der Waals surface area contributed by atoms with Gasteiger partial charge in [-0.25, -0.2) is 18.2 Å². The van der Waals surface area contributed by atoms with Gasteiger partial charge in [0.1, 0.15) is 28.2 Å². The standard InChI is InChI=1S/C35H37F3N4O4S/c1-22-39-31-7-2-3-8-32(31)42(22)27-18-25-9-10-26(19-27)41(25)16-13-35(23-5-4-6-24(36)17-23)11-14-40(15-12-35)34(43)28-20-33(47(44,45)46)30(38)21-29(28)37/h2-8,17,20-21,25-27H,9-16,18-19H2,1H3,(H,44,45,46). The van der Waals surface area contributed by atoms with Crippen molar-refractivity contribution in [3.05, 3.63) is 95.1 Å². The van der Waals surface area contributed by atoms with Gasteiger partial charge in [0.25, 0.3) is 16.0 Å². The lowest BCUT2D eigenvalue weighted by Gasteiger charge is -2.45. The van der Waals surface area contributed by atoms with Crippen LogP contribution in [-0.2, 0) is 15.5 Å². The molecule has 8 nitrogen and oxygen atoms in total. The molecule has 12 heteroatoms. The summed E-state index contributed by atoms with van der Waals surface area (Å²) in [5, 5.41) is 0. The average Bonchev–Trinajstić information content (AvgIpc) is 3.49. The molecule has 3 aliphatic rings. The van der Waals surface area contributed by atoms with Gasteiger partial charge in [0.05, 0.1) is 16.6 Å². The first-order valence-electron chi connectivity index (χ1n) is 16.1. The fourth-order valence-corrected chi connectivity index (χ4v) is 9.06. The SMILES string of the molecule is Cc1nc2ccccc2n1C1CC2CCC(C1)N2CCC1(c2cccc(F)c2)CCN(C(=O)c2cc(S(=O)(=O)O)c(F)cc2F)CC1. The summed E-state index contributed by atoms with van der Waals surface area (Å²) in [6.45, 7) is 3.33. The lowest BCUT2D eigenvalue weighted by atomic mass is 9.70. The molecular weight excluding hydrogens is 629 g/mol. The minimum atomic E-state index is -5.00. The number of benzene rings is 3. The zero-order chi connectivity index (χ0) is 33.1. The molecule has 4 aromatic rings. The van der Waals surface area contributed by atoms with Crippen LogP contribution < -0.4 is 0 Å². The van der Waals surface area contributed by atoms with Crippen LogP contribution in [0.15, 0.2) is 65.6 Å². The smallest absolute Gasteiger partial charge is 0.297 e. The third kappa shape index (κ3) is 5.84. The second kappa shape index (κ2) is 12.1. The summed E-state index contributed by atoms with van der Waals surface area (Å²) in [5.41, 5.74) is 1.98. The second-order valence-corrected chi connectivity index (χ2v) is 14.7. The zero-order valence-corrected chi connectivity index (χ0v) is 26.9. The van der Waals surface area contributed by atoms with Gasteiger partial charge in [-0.15, -0.1) is 0 Å². The van der Waals surface area contributed by atoms with Crippen molar-refractivity contribution in [1.82, 2.24) is 19.4 Å². The summed E-state index contributed by atoms with van der Waals surface area (Å²) >= 11 is 0. The van der Waals surface area contributed by atoms with Crippen LogP contribution in [0.1, 0.15) is 72.7 Å². The number of fused-ring (bicyclic) bond motifs is 3. The number of piperidine rings is 2. The Morgan fingerprint density at radius 3 is 2.32 bits per heavy atom. The lowest BCUT2D eigenvalue weighted by Crippen LogP contribution is -2.49. The summed E-state index contributed by atoms with van der Waals surface area (Å²) in [7, 11) is -5.00. The van der Waals surface area contributed by atoms with E-state index in [1.807, 2.05) is 12.1 Å². The molecule has 1 N–H and O–H groups in total. The number of likely N-dealkylation sites (tertiary alicyclic amines) is 1. The number of carbonyl (C=O) groups is 1. The summed E-state index contributed by atoms with van der Waals surface area (Å²) in [4.78, 5) is 21.0. The molecule has 4 heterocycles. The molecule has 0 aliphatic carbocycles. The van der Waals surface area contributed by atoms with E-state index in [4.69, 9.17) is 4.98 Å². The normalized spacial score (nSPS) is 23.0. The molecule has 0 saturated carbocycles. The number of hydrogen-bond acceptors (Lipinski definition) is 5. The molecule has 2 atom stereocenters. The van der Waals surface area contributed by atoms with Crippen molar-refractivity contribution in [3.63, 3.8) is 0 Å². The fourth-order valence-electron chi connectivity index (χ4n) is 8.49. The molecule has 3 saturated heterocycles. The van der Waals surface area contributed by atoms with Crippen molar-refractivity contribution in [2.24, 2.45) is 0 Å². The predicted molar refractivity (Wildman–Crippen MR) is 170 cm³/mol. The molecule has 1 aromatic heterocycles. The Morgan fingerprint density at radius 1 is 0.936 bits per heavy atom.